The Balaban J connectivity index is 3.13. The summed E-state index contributed by atoms with van der Waals surface area (Å²) in [5.74, 6) is 0.288. The van der Waals surface area contributed by atoms with Crippen LogP contribution in [0.25, 0.3) is 0 Å². The van der Waals surface area contributed by atoms with Gasteiger partial charge in [-0.1, -0.05) is 11.6 Å². The molecule has 0 unspecified atom stereocenters. The number of nitrogens with one attached hydrogen (secondary N) is 1. The molecule has 0 aliphatic carbocycles. The Morgan fingerprint density at radius 3 is 2.87 bits per heavy atom. The van der Waals surface area contributed by atoms with Gasteiger partial charge in [0.05, 0.1) is 17.3 Å². The van der Waals surface area contributed by atoms with Gasteiger partial charge in [-0.25, -0.2) is 4.79 Å². The number of carboxylic acid groups (broad SMARTS) is 1. The van der Waals surface area contributed by atoms with Crippen LogP contribution in [0, 0.1) is 0 Å². The molecule has 0 radical (unpaired) electrons. The molecule has 1 aromatic rings. The lowest BCUT2D eigenvalue weighted by molar-refractivity contribution is 0.209. The molecule has 0 fully saturated rings. The number of rotatable bonds is 3. The maximum Gasteiger partial charge on any atom is 0.409 e. The number of hydrogen-bond acceptors (Lipinski definition) is 3. The molecule has 0 aromatic heterocycles. The van der Waals surface area contributed by atoms with Gasteiger partial charge < -0.3 is 15.6 Å². The van der Waals surface area contributed by atoms with Crippen molar-refractivity contribution >= 4 is 29.1 Å². The lowest BCUT2D eigenvalue weighted by atomic mass is 10.2. The Morgan fingerprint density at radius 2 is 2.33 bits per heavy atom. The zero-order valence-corrected chi connectivity index (χ0v) is 8.84. The first-order valence-electron chi connectivity index (χ1n) is 4.26. The molecular weight excluding hydrogens is 220 g/mol. The van der Waals surface area contributed by atoms with Crippen LogP contribution in [0.2, 0.25) is 5.02 Å². The van der Waals surface area contributed by atoms with E-state index in [1.807, 2.05) is 0 Å². The molecule has 6 heteroatoms. The minimum absolute atomic E-state index is 0.245. The van der Waals surface area contributed by atoms with Gasteiger partial charge in [0.15, 0.2) is 5.75 Å². The van der Waals surface area contributed by atoms with Gasteiger partial charge in [-0.05, 0) is 19.1 Å². The minimum atomic E-state index is -1.20. The second kappa shape index (κ2) is 4.75. The van der Waals surface area contributed by atoms with E-state index >= 15 is 0 Å². The fourth-order valence-corrected chi connectivity index (χ4v) is 1.40. The topological polar surface area (TPSA) is 84.6 Å². The molecule has 82 valence electrons. The van der Waals surface area contributed by atoms with Gasteiger partial charge in [-0.2, -0.15) is 0 Å². The van der Waals surface area contributed by atoms with Crippen molar-refractivity contribution in [2.45, 2.75) is 6.92 Å². The third-order valence-electron chi connectivity index (χ3n) is 1.60. The lowest BCUT2D eigenvalue weighted by Gasteiger charge is -2.12. The maximum atomic E-state index is 10.5. The van der Waals surface area contributed by atoms with E-state index in [0.29, 0.717) is 12.3 Å². The fraction of sp³-hybridized carbons (Fsp3) is 0.222. The van der Waals surface area contributed by atoms with Gasteiger partial charge in [0, 0.05) is 5.69 Å². The van der Waals surface area contributed by atoms with Crippen LogP contribution in [0.4, 0.5) is 16.2 Å². The summed E-state index contributed by atoms with van der Waals surface area (Å²) >= 11 is 5.86. The fourth-order valence-electron chi connectivity index (χ4n) is 1.11. The van der Waals surface area contributed by atoms with Crippen molar-refractivity contribution in [2.24, 2.45) is 0 Å². The van der Waals surface area contributed by atoms with E-state index in [1.165, 1.54) is 12.1 Å². The van der Waals surface area contributed by atoms with Crippen LogP contribution in [0.3, 0.4) is 0 Å². The molecule has 1 amide bonds. The van der Waals surface area contributed by atoms with E-state index in [-0.39, 0.29) is 16.5 Å². The Hall–Kier alpha value is -1.62. The smallest absolute Gasteiger partial charge is 0.409 e. The van der Waals surface area contributed by atoms with Crippen molar-refractivity contribution < 1.29 is 14.6 Å². The lowest BCUT2D eigenvalue weighted by Crippen LogP contribution is -2.09. The molecular formula is C9H11ClN2O3. The van der Waals surface area contributed by atoms with Crippen molar-refractivity contribution in [3.05, 3.63) is 17.2 Å². The Morgan fingerprint density at radius 1 is 1.67 bits per heavy atom. The summed E-state index contributed by atoms with van der Waals surface area (Å²) in [5.41, 5.74) is 6.14. The molecule has 0 saturated carbocycles. The van der Waals surface area contributed by atoms with Crippen LogP contribution in [-0.4, -0.2) is 17.8 Å². The van der Waals surface area contributed by atoms with Crippen molar-refractivity contribution in [1.29, 1.82) is 0 Å². The third kappa shape index (κ3) is 2.92. The number of carbonyl (C=O) groups is 1. The third-order valence-corrected chi connectivity index (χ3v) is 1.88. The summed E-state index contributed by atoms with van der Waals surface area (Å²) in [4.78, 5) is 10.5. The zero-order valence-electron chi connectivity index (χ0n) is 8.08. The average molecular weight is 231 g/mol. The summed E-state index contributed by atoms with van der Waals surface area (Å²) < 4.78 is 5.21. The zero-order chi connectivity index (χ0) is 11.4. The molecule has 1 rings (SSSR count). The monoisotopic (exact) mass is 230 g/mol. The Labute approximate surface area is 91.8 Å². The van der Waals surface area contributed by atoms with Gasteiger partial charge in [-0.15, -0.1) is 0 Å². The molecule has 1 aromatic carbocycles. The second-order valence-electron chi connectivity index (χ2n) is 2.74. The summed E-state index contributed by atoms with van der Waals surface area (Å²) in [7, 11) is 0. The molecule has 0 atom stereocenters. The van der Waals surface area contributed by atoms with Gasteiger partial charge in [0.1, 0.15) is 0 Å². The van der Waals surface area contributed by atoms with Crippen molar-refractivity contribution in [3.63, 3.8) is 0 Å². The molecule has 0 bridgehead atoms. The highest BCUT2D eigenvalue weighted by Gasteiger charge is 2.11. The number of nitrogen functional groups attached to an aromatic ring is 1. The predicted octanol–water partition coefficient (Wildman–Crippen LogP) is 2.41. The molecule has 0 aliphatic rings. The first-order chi connectivity index (χ1) is 7.04. The van der Waals surface area contributed by atoms with E-state index in [4.69, 9.17) is 27.2 Å². The van der Waals surface area contributed by atoms with Gasteiger partial charge in [0.25, 0.3) is 0 Å². The van der Waals surface area contributed by atoms with Crippen molar-refractivity contribution in [3.8, 4) is 5.75 Å². The van der Waals surface area contributed by atoms with Crippen LogP contribution >= 0.6 is 11.6 Å². The van der Waals surface area contributed by atoms with E-state index in [9.17, 15) is 4.79 Å². The first-order valence-corrected chi connectivity index (χ1v) is 4.64. The molecule has 0 heterocycles. The quantitative estimate of drug-likeness (QED) is 0.696. The Bertz CT molecular complexity index is 382. The van der Waals surface area contributed by atoms with Crippen LogP contribution in [0.1, 0.15) is 6.92 Å². The summed E-state index contributed by atoms with van der Waals surface area (Å²) in [6, 6.07) is 2.95. The summed E-state index contributed by atoms with van der Waals surface area (Å²) in [6.07, 6.45) is -1.20. The Kier molecular flexibility index (Phi) is 3.62. The second-order valence-corrected chi connectivity index (χ2v) is 3.15. The highest BCUT2D eigenvalue weighted by atomic mass is 35.5. The standard InChI is InChI=1S/C9H11ClN2O3/c1-2-15-8-6(10)3-5(11)4-7(8)12-9(13)14/h3-4,12H,2,11H2,1H3,(H,13,14). The van der Waals surface area contributed by atoms with E-state index < -0.39 is 6.09 Å². The SMILES string of the molecule is CCOc1c(Cl)cc(N)cc1NC(=O)O. The number of hydrogen-bond donors (Lipinski definition) is 3. The summed E-state index contributed by atoms with van der Waals surface area (Å²) in [5, 5.41) is 11.0. The molecule has 0 saturated heterocycles. The highest BCUT2D eigenvalue weighted by molar-refractivity contribution is 6.33. The highest BCUT2D eigenvalue weighted by Crippen LogP contribution is 2.35. The van der Waals surface area contributed by atoms with Gasteiger partial charge >= 0.3 is 6.09 Å². The van der Waals surface area contributed by atoms with Crippen molar-refractivity contribution in [2.75, 3.05) is 17.7 Å². The normalized spacial score (nSPS) is 9.73. The van der Waals surface area contributed by atoms with E-state index in [1.54, 1.807) is 6.92 Å². The number of benzene rings is 1. The van der Waals surface area contributed by atoms with Crippen LogP contribution in [-0.2, 0) is 0 Å². The number of halogens is 1. The number of anilines is 2. The van der Waals surface area contributed by atoms with Crippen LogP contribution < -0.4 is 15.8 Å². The molecule has 0 spiro atoms. The molecule has 4 N–H and O–H groups in total. The number of nitrogens with two attached hydrogens (primary N) is 1. The molecule has 0 aliphatic heterocycles. The number of ether oxygens (including phenoxy) is 1. The number of amides is 1. The van der Waals surface area contributed by atoms with E-state index in [2.05, 4.69) is 5.32 Å². The first kappa shape index (κ1) is 11.5. The maximum absolute atomic E-state index is 10.5. The van der Waals surface area contributed by atoms with Crippen molar-refractivity contribution in [1.82, 2.24) is 0 Å². The minimum Gasteiger partial charge on any atom is -0.490 e. The summed E-state index contributed by atoms with van der Waals surface area (Å²) in [6.45, 7) is 2.16. The molecule has 5 nitrogen and oxygen atoms in total. The molecule has 15 heavy (non-hydrogen) atoms. The largest absolute Gasteiger partial charge is 0.490 e. The van der Waals surface area contributed by atoms with E-state index in [0.717, 1.165) is 0 Å². The average Bonchev–Trinajstić information content (AvgIpc) is 2.10. The predicted molar refractivity (Wildman–Crippen MR) is 58.7 cm³/mol. The van der Waals surface area contributed by atoms with Crippen LogP contribution in [0.5, 0.6) is 5.75 Å². The van der Waals surface area contributed by atoms with Gasteiger partial charge in [-0.3, -0.25) is 5.32 Å². The van der Waals surface area contributed by atoms with Gasteiger partial charge in [0.2, 0.25) is 0 Å². The van der Waals surface area contributed by atoms with Crippen LogP contribution in [0.15, 0.2) is 12.1 Å².